The Bertz CT molecular complexity index is 540. The lowest BCUT2D eigenvalue weighted by Gasteiger charge is -2.14. The highest BCUT2D eigenvalue weighted by atomic mass is 35.5. The maximum absolute atomic E-state index is 11.2. The summed E-state index contributed by atoms with van der Waals surface area (Å²) in [7, 11) is -3.29. The van der Waals surface area contributed by atoms with Crippen LogP contribution in [0.5, 0.6) is 0 Å². The lowest BCUT2D eigenvalue weighted by atomic mass is 10.3. The van der Waals surface area contributed by atoms with E-state index in [0.717, 1.165) is 11.2 Å². The largest absolute Gasteiger partial charge is 0.300 e. The van der Waals surface area contributed by atoms with Crippen LogP contribution in [-0.4, -0.2) is 19.8 Å². The molecule has 7 heteroatoms. The molecule has 2 rings (SSSR count). The third-order valence-corrected chi connectivity index (χ3v) is 3.85. The van der Waals surface area contributed by atoms with Crippen molar-refractivity contribution in [3.05, 3.63) is 23.2 Å². The number of nitrogens with one attached hydrogen (secondary N) is 1. The molecule has 0 aromatic heterocycles. The van der Waals surface area contributed by atoms with Crippen molar-refractivity contribution in [1.82, 2.24) is 4.72 Å². The smallest absolute Gasteiger partial charge is 0.231 e. The summed E-state index contributed by atoms with van der Waals surface area (Å²) in [5.41, 5.74) is 0.614. The highest BCUT2D eigenvalue weighted by Crippen LogP contribution is 2.33. The molecule has 4 nitrogen and oxygen atoms in total. The second-order valence-corrected chi connectivity index (χ2v) is 6.22. The lowest BCUT2D eigenvalue weighted by Crippen LogP contribution is -2.26. The summed E-state index contributed by atoms with van der Waals surface area (Å²) in [6, 6.07) is 5.10. The Labute approximate surface area is 96.8 Å². The van der Waals surface area contributed by atoms with Gasteiger partial charge in [0.1, 0.15) is 0 Å². The standard InChI is InChI=1S/C8H7ClN2O2S2/c1-15(12,13)8-10-6-3-2-5(9)4-7(6)14-11-8/h2-4H,1H3,(H,10,11). The third-order valence-electron chi connectivity index (χ3n) is 1.74. The van der Waals surface area contributed by atoms with Crippen molar-refractivity contribution in [3.63, 3.8) is 0 Å². The number of hydrogen-bond donors (Lipinski definition) is 1. The minimum Gasteiger partial charge on any atom is -0.300 e. The highest BCUT2D eigenvalue weighted by molar-refractivity contribution is 8.08. The van der Waals surface area contributed by atoms with Crippen LogP contribution >= 0.6 is 23.5 Å². The molecule has 1 aromatic rings. The predicted molar refractivity (Wildman–Crippen MR) is 62.4 cm³/mol. The fraction of sp³-hybridized carbons (Fsp3) is 0.125. The molecule has 0 amide bonds. The van der Waals surface area contributed by atoms with Gasteiger partial charge in [0.05, 0.1) is 10.6 Å². The topological polar surface area (TPSA) is 58.5 Å². The van der Waals surface area contributed by atoms with Crippen molar-refractivity contribution in [1.29, 1.82) is 0 Å². The summed E-state index contributed by atoms with van der Waals surface area (Å²) in [5, 5.41) is 0.573. The van der Waals surface area contributed by atoms with Gasteiger partial charge in [0.15, 0.2) is 0 Å². The van der Waals surface area contributed by atoms with Crippen molar-refractivity contribution in [2.24, 2.45) is 4.99 Å². The quantitative estimate of drug-likeness (QED) is 0.727. The number of fused-ring (bicyclic) bond motifs is 1. The molecule has 0 spiro atoms. The molecule has 0 bridgehead atoms. The van der Waals surface area contributed by atoms with Gasteiger partial charge in [0.2, 0.25) is 15.0 Å². The van der Waals surface area contributed by atoms with Crippen LogP contribution < -0.4 is 4.72 Å². The first-order chi connectivity index (χ1) is 6.97. The Morgan fingerprint density at radius 3 is 2.87 bits per heavy atom. The minimum atomic E-state index is -3.29. The molecule has 0 fully saturated rings. The van der Waals surface area contributed by atoms with Gasteiger partial charge in [-0.2, -0.15) is 0 Å². The van der Waals surface area contributed by atoms with E-state index < -0.39 is 9.84 Å². The molecule has 80 valence electrons. The van der Waals surface area contributed by atoms with Crippen LogP contribution in [0.1, 0.15) is 0 Å². The highest BCUT2D eigenvalue weighted by Gasteiger charge is 2.19. The van der Waals surface area contributed by atoms with Crippen LogP contribution in [-0.2, 0) is 9.84 Å². The molecule has 1 aromatic carbocycles. The Hall–Kier alpha value is -0.720. The molecule has 0 aliphatic carbocycles. The number of benzene rings is 1. The van der Waals surface area contributed by atoms with Gasteiger partial charge in [-0.05, 0) is 30.1 Å². The molecule has 0 radical (unpaired) electrons. The first-order valence-corrected chi connectivity index (χ1v) is 7.06. The van der Waals surface area contributed by atoms with Crippen molar-refractivity contribution >= 4 is 44.2 Å². The van der Waals surface area contributed by atoms with E-state index >= 15 is 0 Å². The number of sulfone groups is 1. The normalized spacial score (nSPS) is 15.2. The Morgan fingerprint density at radius 1 is 1.47 bits per heavy atom. The van der Waals surface area contributed by atoms with E-state index in [9.17, 15) is 8.42 Å². The monoisotopic (exact) mass is 262 g/mol. The van der Waals surface area contributed by atoms with Gasteiger partial charge < -0.3 is 4.72 Å². The van der Waals surface area contributed by atoms with Gasteiger partial charge in [0, 0.05) is 11.3 Å². The molecule has 0 saturated carbocycles. The molecule has 0 atom stereocenters. The number of halogens is 1. The Morgan fingerprint density at radius 2 is 2.20 bits per heavy atom. The number of hydrogen-bond acceptors (Lipinski definition) is 5. The summed E-state index contributed by atoms with van der Waals surface area (Å²) in [6.45, 7) is 0. The zero-order chi connectivity index (χ0) is 11.1. The maximum Gasteiger partial charge on any atom is 0.231 e. The van der Waals surface area contributed by atoms with Gasteiger partial charge in [-0.25, -0.2) is 13.4 Å². The lowest BCUT2D eigenvalue weighted by molar-refractivity contribution is 0.612. The van der Waals surface area contributed by atoms with E-state index in [1.807, 2.05) is 0 Å². The van der Waals surface area contributed by atoms with E-state index in [4.69, 9.17) is 11.6 Å². The first-order valence-electron chi connectivity index (χ1n) is 3.98. The molecule has 0 saturated heterocycles. The third kappa shape index (κ3) is 2.27. The Kier molecular flexibility index (Phi) is 2.66. The SMILES string of the molecule is CS(=O)(=O)C1=Nc2ccc(Cl)cc2SN1. The maximum atomic E-state index is 11.2. The van der Waals surface area contributed by atoms with Gasteiger partial charge >= 0.3 is 0 Å². The van der Waals surface area contributed by atoms with Crippen molar-refractivity contribution < 1.29 is 8.42 Å². The van der Waals surface area contributed by atoms with Gasteiger partial charge in [-0.1, -0.05) is 11.6 Å². The molecule has 15 heavy (non-hydrogen) atoms. The molecule has 0 unspecified atom stereocenters. The van der Waals surface area contributed by atoms with Crippen LogP contribution in [0, 0.1) is 0 Å². The van der Waals surface area contributed by atoms with Crippen LogP contribution in [0.3, 0.4) is 0 Å². The molecule has 1 N–H and O–H groups in total. The van der Waals surface area contributed by atoms with E-state index in [1.54, 1.807) is 18.2 Å². The summed E-state index contributed by atoms with van der Waals surface area (Å²) in [4.78, 5) is 4.81. The summed E-state index contributed by atoms with van der Waals surface area (Å²) >= 11 is 6.99. The number of nitrogens with zero attached hydrogens (tertiary/aromatic N) is 1. The van der Waals surface area contributed by atoms with Gasteiger partial charge in [-0.15, -0.1) is 0 Å². The van der Waals surface area contributed by atoms with E-state index in [-0.39, 0.29) is 5.17 Å². The number of aliphatic imine (C=N–C) groups is 1. The fourth-order valence-electron chi connectivity index (χ4n) is 1.05. The molecule has 1 heterocycles. The van der Waals surface area contributed by atoms with Crippen LogP contribution in [0.15, 0.2) is 28.1 Å². The average Bonchev–Trinajstić information content (AvgIpc) is 2.15. The van der Waals surface area contributed by atoms with E-state index in [0.29, 0.717) is 10.7 Å². The van der Waals surface area contributed by atoms with Gasteiger partial charge in [0.25, 0.3) is 0 Å². The Balaban J connectivity index is 2.51. The molecule has 1 aliphatic heterocycles. The first kappa shape index (κ1) is 10.8. The summed E-state index contributed by atoms with van der Waals surface area (Å²) in [6.07, 6.45) is 1.11. The summed E-state index contributed by atoms with van der Waals surface area (Å²) in [5.74, 6) is 0. The number of rotatable bonds is 0. The second kappa shape index (κ2) is 3.70. The average molecular weight is 263 g/mol. The molecular formula is C8H7ClN2O2S2. The predicted octanol–water partition coefficient (Wildman–Crippen LogP) is 1.98. The fourth-order valence-corrected chi connectivity index (χ4v) is 2.93. The molecule has 1 aliphatic rings. The van der Waals surface area contributed by atoms with Crippen molar-refractivity contribution in [2.75, 3.05) is 6.26 Å². The van der Waals surface area contributed by atoms with E-state index in [1.165, 1.54) is 11.9 Å². The van der Waals surface area contributed by atoms with Crippen molar-refractivity contribution in [3.8, 4) is 0 Å². The van der Waals surface area contributed by atoms with Crippen LogP contribution in [0.25, 0.3) is 0 Å². The van der Waals surface area contributed by atoms with E-state index in [2.05, 4.69) is 9.71 Å². The second-order valence-electron chi connectivity index (χ2n) is 3.01. The zero-order valence-corrected chi connectivity index (χ0v) is 10.1. The van der Waals surface area contributed by atoms with Crippen LogP contribution in [0.4, 0.5) is 5.69 Å². The summed E-state index contributed by atoms with van der Waals surface area (Å²) < 4.78 is 25.1. The molecular weight excluding hydrogens is 256 g/mol. The zero-order valence-electron chi connectivity index (χ0n) is 7.69. The minimum absolute atomic E-state index is 0.0256. The van der Waals surface area contributed by atoms with Gasteiger partial charge in [-0.3, -0.25) is 0 Å². The number of amidine groups is 1. The van der Waals surface area contributed by atoms with Crippen molar-refractivity contribution in [2.45, 2.75) is 4.90 Å². The van der Waals surface area contributed by atoms with Crippen LogP contribution in [0.2, 0.25) is 5.02 Å².